The Morgan fingerprint density at radius 3 is 2.19 bits per heavy atom. The average Bonchev–Trinajstić information content (AvgIpc) is 2.81. The lowest BCUT2D eigenvalue weighted by atomic mass is 9.83. The summed E-state index contributed by atoms with van der Waals surface area (Å²) in [6, 6.07) is 14.5. The molecule has 1 aliphatic heterocycles. The van der Waals surface area contributed by atoms with Crippen LogP contribution in [0.3, 0.4) is 0 Å². The van der Waals surface area contributed by atoms with Gasteiger partial charge in [-0.2, -0.15) is 0 Å². The summed E-state index contributed by atoms with van der Waals surface area (Å²) in [5.41, 5.74) is 1.63. The van der Waals surface area contributed by atoms with Crippen molar-refractivity contribution in [3.05, 3.63) is 54.1 Å². The van der Waals surface area contributed by atoms with Gasteiger partial charge in [0, 0.05) is 32.4 Å². The van der Waals surface area contributed by atoms with E-state index in [1.165, 1.54) is 0 Å². The Bertz CT molecular complexity index is 867. The van der Waals surface area contributed by atoms with E-state index in [1.807, 2.05) is 48.5 Å². The SMILES string of the molecule is COCCCNC(=O)[C@@H]1CCC(=O)N(c2ccc(OC)cc2)[C@H]1c1ccc(OC)cc1. The van der Waals surface area contributed by atoms with Crippen LogP contribution in [0.15, 0.2) is 48.5 Å². The first kappa shape index (κ1) is 22.6. The monoisotopic (exact) mass is 426 g/mol. The first-order valence-electron chi connectivity index (χ1n) is 10.5. The molecule has 1 fully saturated rings. The summed E-state index contributed by atoms with van der Waals surface area (Å²) in [6.45, 7) is 1.12. The number of hydrogen-bond donors (Lipinski definition) is 1. The van der Waals surface area contributed by atoms with Crippen molar-refractivity contribution in [2.75, 3.05) is 39.4 Å². The summed E-state index contributed by atoms with van der Waals surface area (Å²) in [7, 11) is 4.85. The largest absolute Gasteiger partial charge is 0.497 e. The molecule has 7 nitrogen and oxygen atoms in total. The van der Waals surface area contributed by atoms with Crippen LogP contribution < -0.4 is 19.7 Å². The summed E-state index contributed by atoms with van der Waals surface area (Å²) in [6.07, 6.45) is 1.55. The normalized spacial score (nSPS) is 18.5. The Morgan fingerprint density at radius 1 is 1.00 bits per heavy atom. The Morgan fingerprint density at radius 2 is 1.61 bits per heavy atom. The zero-order chi connectivity index (χ0) is 22.2. The number of carbonyl (C=O) groups excluding carboxylic acids is 2. The smallest absolute Gasteiger partial charge is 0.227 e. The van der Waals surface area contributed by atoms with E-state index in [4.69, 9.17) is 14.2 Å². The van der Waals surface area contributed by atoms with Gasteiger partial charge < -0.3 is 24.4 Å². The highest BCUT2D eigenvalue weighted by molar-refractivity contribution is 5.97. The van der Waals surface area contributed by atoms with Crippen molar-refractivity contribution < 1.29 is 23.8 Å². The van der Waals surface area contributed by atoms with Crippen molar-refractivity contribution >= 4 is 17.5 Å². The molecule has 2 aromatic rings. The van der Waals surface area contributed by atoms with E-state index >= 15 is 0 Å². The molecule has 0 unspecified atom stereocenters. The number of methoxy groups -OCH3 is 3. The topological polar surface area (TPSA) is 77.1 Å². The minimum absolute atomic E-state index is 0.00517. The minimum atomic E-state index is -0.414. The summed E-state index contributed by atoms with van der Waals surface area (Å²) in [4.78, 5) is 27.9. The number of nitrogens with zero attached hydrogens (tertiary/aromatic N) is 1. The Hall–Kier alpha value is -3.06. The Balaban J connectivity index is 1.94. The summed E-state index contributed by atoms with van der Waals surface area (Å²) in [5, 5.41) is 3.01. The van der Waals surface area contributed by atoms with Crippen LogP contribution in [0.5, 0.6) is 11.5 Å². The van der Waals surface area contributed by atoms with Gasteiger partial charge in [0.25, 0.3) is 0 Å². The summed E-state index contributed by atoms with van der Waals surface area (Å²) in [5.74, 6) is 1.01. The van der Waals surface area contributed by atoms with Crippen LogP contribution in [0.1, 0.15) is 30.9 Å². The molecule has 2 atom stereocenters. The molecule has 31 heavy (non-hydrogen) atoms. The van der Waals surface area contributed by atoms with E-state index in [9.17, 15) is 9.59 Å². The van der Waals surface area contributed by atoms with Crippen LogP contribution >= 0.6 is 0 Å². The molecule has 3 rings (SSSR count). The van der Waals surface area contributed by atoms with Crippen LogP contribution in [0.4, 0.5) is 5.69 Å². The lowest BCUT2D eigenvalue weighted by Gasteiger charge is -2.41. The standard InChI is InChI=1S/C24H30N2O5/c1-29-16-4-15-25-24(28)21-13-14-22(27)26(18-7-11-20(31-3)12-8-18)23(21)17-5-9-19(30-2)10-6-17/h5-12,21,23H,4,13-16H2,1-3H3,(H,25,28)/t21-,23+/m1/s1. The summed E-state index contributed by atoms with van der Waals surface area (Å²) >= 11 is 0. The van der Waals surface area contributed by atoms with Gasteiger partial charge >= 0.3 is 0 Å². The lowest BCUT2D eigenvalue weighted by Crippen LogP contribution is -2.48. The molecule has 0 spiro atoms. The maximum Gasteiger partial charge on any atom is 0.227 e. The van der Waals surface area contributed by atoms with Crippen LogP contribution in [-0.4, -0.2) is 46.3 Å². The molecule has 0 aromatic heterocycles. The van der Waals surface area contributed by atoms with Crippen LogP contribution in [-0.2, 0) is 14.3 Å². The molecule has 0 saturated carbocycles. The van der Waals surface area contributed by atoms with Gasteiger partial charge in [-0.1, -0.05) is 12.1 Å². The summed E-state index contributed by atoms with van der Waals surface area (Å²) < 4.78 is 15.6. The van der Waals surface area contributed by atoms with Gasteiger partial charge in [0.15, 0.2) is 0 Å². The Kier molecular flexibility index (Phi) is 7.89. The number of carbonyl (C=O) groups is 2. The first-order valence-corrected chi connectivity index (χ1v) is 10.5. The second-order valence-corrected chi connectivity index (χ2v) is 7.46. The fraction of sp³-hybridized carbons (Fsp3) is 0.417. The number of piperidine rings is 1. The van der Waals surface area contributed by atoms with Crippen molar-refractivity contribution in [2.24, 2.45) is 5.92 Å². The molecular formula is C24H30N2O5. The molecule has 1 heterocycles. The fourth-order valence-electron chi connectivity index (χ4n) is 3.96. The third-order valence-electron chi connectivity index (χ3n) is 5.57. The van der Waals surface area contributed by atoms with Crippen molar-refractivity contribution in [3.63, 3.8) is 0 Å². The van der Waals surface area contributed by atoms with Crippen LogP contribution in [0.25, 0.3) is 0 Å². The third-order valence-corrected chi connectivity index (χ3v) is 5.57. The molecule has 0 radical (unpaired) electrons. The van der Waals surface area contributed by atoms with Crippen LogP contribution in [0, 0.1) is 5.92 Å². The zero-order valence-electron chi connectivity index (χ0n) is 18.3. The number of benzene rings is 2. The van der Waals surface area contributed by atoms with E-state index < -0.39 is 6.04 Å². The van der Waals surface area contributed by atoms with E-state index in [2.05, 4.69) is 5.32 Å². The molecule has 7 heteroatoms. The molecular weight excluding hydrogens is 396 g/mol. The minimum Gasteiger partial charge on any atom is -0.497 e. The van der Waals surface area contributed by atoms with Gasteiger partial charge in [-0.25, -0.2) is 0 Å². The molecule has 1 N–H and O–H groups in total. The van der Waals surface area contributed by atoms with Crippen molar-refractivity contribution in [1.29, 1.82) is 0 Å². The van der Waals surface area contributed by atoms with Gasteiger partial charge in [-0.3, -0.25) is 9.59 Å². The zero-order valence-corrected chi connectivity index (χ0v) is 18.3. The van der Waals surface area contributed by atoms with E-state index in [1.54, 1.807) is 26.2 Å². The third kappa shape index (κ3) is 5.35. The quantitative estimate of drug-likeness (QED) is 0.623. The van der Waals surface area contributed by atoms with Gasteiger partial charge in [0.05, 0.1) is 26.2 Å². The van der Waals surface area contributed by atoms with E-state index in [0.29, 0.717) is 31.7 Å². The van der Waals surface area contributed by atoms with Gasteiger partial charge in [-0.05, 0) is 54.8 Å². The second kappa shape index (κ2) is 10.8. The highest BCUT2D eigenvalue weighted by Gasteiger charge is 2.41. The number of anilines is 1. The molecule has 166 valence electrons. The van der Waals surface area contributed by atoms with Crippen molar-refractivity contribution in [1.82, 2.24) is 5.32 Å². The lowest BCUT2D eigenvalue weighted by molar-refractivity contribution is -0.129. The van der Waals surface area contributed by atoms with Crippen LogP contribution in [0.2, 0.25) is 0 Å². The second-order valence-electron chi connectivity index (χ2n) is 7.46. The number of amides is 2. The first-order chi connectivity index (χ1) is 15.1. The van der Waals surface area contributed by atoms with E-state index in [-0.39, 0.29) is 17.7 Å². The highest BCUT2D eigenvalue weighted by Crippen LogP contribution is 2.40. The predicted molar refractivity (Wildman–Crippen MR) is 118 cm³/mol. The number of nitrogens with one attached hydrogen (secondary N) is 1. The maximum absolute atomic E-state index is 13.1. The predicted octanol–water partition coefficient (Wildman–Crippen LogP) is 3.34. The molecule has 2 amide bonds. The molecule has 1 saturated heterocycles. The molecule has 1 aliphatic rings. The van der Waals surface area contributed by atoms with E-state index in [0.717, 1.165) is 23.4 Å². The van der Waals surface area contributed by atoms with Gasteiger partial charge in [0.1, 0.15) is 11.5 Å². The average molecular weight is 427 g/mol. The Labute approximate surface area is 183 Å². The fourth-order valence-corrected chi connectivity index (χ4v) is 3.96. The highest BCUT2D eigenvalue weighted by atomic mass is 16.5. The van der Waals surface area contributed by atoms with Gasteiger partial charge in [-0.15, -0.1) is 0 Å². The number of rotatable bonds is 9. The number of hydrogen-bond acceptors (Lipinski definition) is 5. The number of ether oxygens (including phenoxy) is 3. The maximum atomic E-state index is 13.1. The van der Waals surface area contributed by atoms with Crippen molar-refractivity contribution in [2.45, 2.75) is 25.3 Å². The molecule has 0 aliphatic carbocycles. The van der Waals surface area contributed by atoms with Crippen molar-refractivity contribution in [3.8, 4) is 11.5 Å². The van der Waals surface area contributed by atoms with Gasteiger partial charge in [0.2, 0.25) is 11.8 Å². The molecule has 2 aromatic carbocycles. The molecule has 0 bridgehead atoms.